The number of hydrogen-bond acceptors (Lipinski definition) is 5. The maximum absolute atomic E-state index is 11.7. The summed E-state index contributed by atoms with van der Waals surface area (Å²) in [6, 6.07) is 7.23. The van der Waals surface area contributed by atoms with Crippen LogP contribution >= 0.6 is 0 Å². The Labute approximate surface area is 119 Å². The van der Waals surface area contributed by atoms with Crippen molar-refractivity contribution in [3.8, 4) is 5.75 Å². The van der Waals surface area contributed by atoms with Crippen molar-refractivity contribution in [2.24, 2.45) is 0 Å². The van der Waals surface area contributed by atoms with Crippen molar-refractivity contribution < 1.29 is 18.3 Å². The largest absolute Gasteiger partial charge is 0.497 e. The van der Waals surface area contributed by atoms with Crippen molar-refractivity contribution in [3.63, 3.8) is 0 Å². The van der Waals surface area contributed by atoms with E-state index in [0.29, 0.717) is 25.3 Å². The number of sulfone groups is 1. The van der Waals surface area contributed by atoms with Crippen LogP contribution in [0.4, 0.5) is 0 Å². The van der Waals surface area contributed by atoms with Crippen molar-refractivity contribution in [2.75, 3.05) is 26.0 Å². The van der Waals surface area contributed by atoms with Crippen molar-refractivity contribution in [2.45, 2.75) is 24.2 Å². The predicted octanol–water partition coefficient (Wildman–Crippen LogP) is 0.895. The lowest BCUT2D eigenvalue weighted by Gasteiger charge is -2.15. The molecule has 2 unspecified atom stereocenters. The van der Waals surface area contributed by atoms with Gasteiger partial charge < -0.3 is 15.2 Å². The van der Waals surface area contributed by atoms with Gasteiger partial charge in [0.2, 0.25) is 0 Å². The van der Waals surface area contributed by atoms with Gasteiger partial charge in [0.15, 0.2) is 9.84 Å². The Kier molecular flexibility index (Phi) is 5.01. The number of aliphatic hydroxyl groups is 1. The summed E-state index contributed by atoms with van der Waals surface area (Å²) in [5.41, 5.74) is 0.756. The van der Waals surface area contributed by atoms with E-state index in [2.05, 4.69) is 5.32 Å². The fraction of sp³-hybridized carbons (Fsp3) is 0.571. The van der Waals surface area contributed by atoms with Gasteiger partial charge in [0, 0.05) is 13.1 Å². The van der Waals surface area contributed by atoms with E-state index in [1.165, 1.54) is 0 Å². The molecule has 1 saturated heterocycles. The van der Waals surface area contributed by atoms with E-state index in [-0.39, 0.29) is 11.0 Å². The maximum atomic E-state index is 11.7. The standard InChI is InChI=1S/C14H21NO4S/c1-19-12-5-2-4-11(8-12)14(16)10-15-9-13-6-3-7-20(13,17)18/h2,4-5,8,13-16H,3,6-7,9-10H2,1H3. The van der Waals surface area contributed by atoms with Gasteiger partial charge >= 0.3 is 0 Å². The second-order valence-corrected chi connectivity index (χ2v) is 7.48. The molecule has 0 aliphatic carbocycles. The number of rotatable bonds is 6. The minimum atomic E-state index is -2.92. The van der Waals surface area contributed by atoms with Crippen LogP contribution in [0.25, 0.3) is 0 Å². The van der Waals surface area contributed by atoms with Gasteiger partial charge in [-0.2, -0.15) is 0 Å². The third-order valence-corrected chi connectivity index (χ3v) is 5.93. The molecule has 0 amide bonds. The van der Waals surface area contributed by atoms with Gasteiger partial charge in [-0.1, -0.05) is 12.1 Å². The molecule has 0 saturated carbocycles. The van der Waals surface area contributed by atoms with Crippen LogP contribution in [0, 0.1) is 0 Å². The molecule has 6 heteroatoms. The Morgan fingerprint density at radius 2 is 2.30 bits per heavy atom. The summed E-state index contributed by atoms with van der Waals surface area (Å²) in [5, 5.41) is 12.8. The van der Waals surface area contributed by atoms with E-state index in [9.17, 15) is 13.5 Å². The molecule has 2 atom stereocenters. The topological polar surface area (TPSA) is 75.6 Å². The first-order chi connectivity index (χ1) is 9.53. The van der Waals surface area contributed by atoms with Gasteiger partial charge in [0.25, 0.3) is 0 Å². The first-order valence-corrected chi connectivity index (χ1v) is 8.49. The molecule has 112 valence electrons. The minimum Gasteiger partial charge on any atom is -0.497 e. The van der Waals surface area contributed by atoms with Crippen molar-refractivity contribution in [1.29, 1.82) is 0 Å². The van der Waals surface area contributed by atoms with E-state index < -0.39 is 15.9 Å². The first kappa shape index (κ1) is 15.3. The molecule has 0 spiro atoms. The van der Waals surface area contributed by atoms with Gasteiger partial charge in [0.1, 0.15) is 5.75 Å². The summed E-state index contributed by atoms with van der Waals surface area (Å²) in [4.78, 5) is 0. The highest BCUT2D eigenvalue weighted by molar-refractivity contribution is 7.92. The molecule has 0 bridgehead atoms. The molecule has 1 aliphatic heterocycles. The Morgan fingerprint density at radius 3 is 2.95 bits per heavy atom. The molecule has 2 N–H and O–H groups in total. The lowest BCUT2D eigenvalue weighted by atomic mass is 10.1. The fourth-order valence-electron chi connectivity index (χ4n) is 2.44. The summed E-state index contributed by atoms with van der Waals surface area (Å²) in [5.74, 6) is 0.984. The average Bonchev–Trinajstić information content (AvgIpc) is 2.78. The molecule has 1 aromatic carbocycles. The molecular formula is C14H21NO4S. The molecule has 5 nitrogen and oxygen atoms in total. The van der Waals surface area contributed by atoms with Crippen molar-refractivity contribution in [1.82, 2.24) is 5.32 Å². The number of ether oxygens (including phenoxy) is 1. The molecular weight excluding hydrogens is 278 g/mol. The van der Waals surface area contributed by atoms with Crippen LogP contribution in [0.5, 0.6) is 5.75 Å². The van der Waals surface area contributed by atoms with Crippen LogP contribution in [0.2, 0.25) is 0 Å². The summed E-state index contributed by atoms with van der Waals surface area (Å²) in [7, 11) is -1.35. The third-order valence-electron chi connectivity index (χ3n) is 3.65. The van der Waals surface area contributed by atoms with E-state index >= 15 is 0 Å². The maximum Gasteiger partial charge on any atom is 0.154 e. The van der Waals surface area contributed by atoms with E-state index in [1.54, 1.807) is 13.2 Å². The smallest absolute Gasteiger partial charge is 0.154 e. The second kappa shape index (κ2) is 6.56. The molecule has 1 aromatic rings. The zero-order valence-corrected chi connectivity index (χ0v) is 12.4. The second-order valence-electron chi connectivity index (χ2n) is 5.08. The summed E-state index contributed by atoms with van der Waals surface area (Å²) < 4.78 is 28.5. The Hall–Kier alpha value is -1.11. The van der Waals surface area contributed by atoms with Crippen LogP contribution in [0.1, 0.15) is 24.5 Å². The minimum absolute atomic E-state index is 0.289. The van der Waals surface area contributed by atoms with Gasteiger partial charge in [-0.15, -0.1) is 0 Å². The zero-order chi connectivity index (χ0) is 14.6. The van der Waals surface area contributed by atoms with Crippen LogP contribution in [0.15, 0.2) is 24.3 Å². The van der Waals surface area contributed by atoms with Crippen molar-refractivity contribution in [3.05, 3.63) is 29.8 Å². The SMILES string of the molecule is COc1cccc(C(O)CNCC2CCCS2(=O)=O)c1. The lowest BCUT2D eigenvalue weighted by molar-refractivity contribution is 0.174. The highest BCUT2D eigenvalue weighted by Gasteiger charge is 2.30. The predicted molar refractivity (Wildman–Crippen MR) is 77.6 cm³/mol. The first-order valence-electron chi connectivity index (χ1n) is 6.77. The summed E-state index contributed by atoms with van der Waals surface area (Å²) in [6.45, 7) is 0.739. The van der Waals surface area contributed by atoms with E-state index in [4.69, 9.17) is 4.74 Å². The average molecular weight is 299 g/mol. The van der Waals surface area contributed by atoms with Crippen LogP contribution in [-0.4, -0.2) is 44.7 Å². The molecule has 0 aromatic heterocycles. The Bertz CT molecular complexity index is 544. The zero-order valence-electron chi connectivity index (χ0n) is 11.6. The van der Waals surface area contributed by atoms with E-state index in [0.717, 1.165) is 12.0 Å². The Morgan fingerprint density at radius 1 is 1.50 bits per heavy atom. The summed E-state index contributed by atoms with van der Waals surface area (Å²) >= 11 is 0. The third kappa shape index (κ3) is 3.71. The normalized spacial score (nSPS) is 22.6. The Balaban J connectivity index is 1.84. The molecule has 1 aliphatic rings. The molecule has 1 heterocycles. The van der Waals surface area contributed by atoms with Crippen LogP contribution < -0.4 is 10.1 Å². The number of aliphatic hydroxyl groups excluding tert-OH is 1. The monoisotopic (exact) mass is 299 g/mol. The van der Waals surface area contributed by atoms with Gasteiger partial charge in [-0.25, -0.2) is 8.42 Å². The number of benzene rings is 1. The number of hydrogen-bond donors (Lipinski definition) is 2. The molecule has 1 fully saturated rings. The molecule has 20 heavy (non-hydrogen) atoms. The molecule has 2 rings (SSSR count). The highest BCUT2D eigenvalue weighted by atomic mass is 32.2. The summed E-state index contributed by atoms with van der Waals surface area (Å²) in [6.07, 6.45) is 0.784. The van der Waals surface area contributed by atoms with Crippen LogP contribution in [0.3, 0.4) is 0 Å². The lowest BCUT2D eigenvalue weighted by Crippen LogP contribution is -2.33. The van der Waals surface area contributed by atoms with E-state index in [1.807, 2.05) is 18.2 Å². The fourth-order valence-corrected chi connectivity index (χ4v) is 4.24. The number of methoxy groups -OCH3 is 1. The molecule has 0 radical (unpaired) electrons. The quantitative estimate of drug-likeness (QED) is 0.816. The van der Waals surface area contributed by atoms with Gasteiger partial charge in [-0.3, -0.25) is 0 Å². The highest BCUT2D eigenvalue weighted by Crippen LogP contribution is 2.20. The van der Waals surface area contributed by atoms with Crippen LogP contribution in [-0.2, 0) is 9.84 Å². The van der Waals surface area contributed by atoms with Gasteiger partial charge in [0.05, 0.1) is 24.2 Å². The van der Waals surface area contributed by atoms with Crippen molar-refractivity contribution >= 4 is 9.84 Å². The van der Waals surface area contributed by atoms with Gasteiger partial charge in [-0.05, 0) is 30.5 Å². The number of nitrogens with one attached hydrogen (secondary N) is 1.